The fourth-order valence-corrected chi connectivity index (χ4v) is 2.11. The van der Waals surface area contributed by atoms with Gasteiger partial charge in [0.2, 0.25) is 0 Å². The summed E-state index contributed by atoms with van der Waals surface area (Å²) in [5.41, 5.74) is 1.74. The topological polar surface area (TPSA) is 24.9 Å². The van der Waals surface area contributed by atoms with E-state index in [4.69, 9.17) is 11.6 Å². The van der Waals surface area contributed by atoms with E-state index in [0.717, 1.165) is 23.3 Å². The number of aromatic nitrogens is 1. The van der Waals surface area contributed by atoms with Crippen LogP contribution >= 0.6 is 11.6 Å². The number of halogens is 2. The molecule has 1 aromatic carbocycles. The zero-order valence-electron chi connectivity index (χ0n) is 10.7. The Morgan fingerprint density at radius 1 is 1.33 bits per heavy atom. The maximum atomic E-state index is 13.4. The number of hydrogen-bond acceptors (Lipinski definition) is 2. The van der Waals surface area contributed by atoms with Gasteiger partial charge in [-0.3, -0.25) is 0 Å². The number of fused-ring (bicyclic) bond motifs is 1. The van der Waals surface area contributed by atoms with Gasteiger partial charge in [0, 0.05) is 18.0 Å². The molecule has 2 nitrogen and oxygen atoms in total. The zero-order valence-corrected chi connectivity index (χ0v) is 11.5. The standard InChI is InChI=1S/C14H16ClFN2/c1-4-17-14-10(8(2)3)5-9-6-11(15)12(16)7-13(9)18-14/h5-8H,4H2,1-3H3,(H,17,18). The Labute approximate surface area is 111 Å². The highest BCUT2D eigenvalue weighted by Gasteiger charge is 2.11. The van der Waals surface area contributed by atoms with Crippen molar-refractivity contribution in [2.24, 2.45) is 0 Å². The minimum Gasteiger partial charge on any atom is -0.370 e. The van der Waals surface area contributed by atoms with Crippen molar-refractivity contribution in [1.82, 2.24) is 4.98 Å². The summed E-state index contributed by atoms with van der Waals surface area (Å²) in [5, 5.41) is 4.22. The number of benzene rings is 1. The number of rotatable bonds is 3. The van der Waals surface area contributed by atoms with Crippen LogP contribution in [-0.4, -0.2) is 11.5 Å². The van der Waals surface area contributed by atoms with Gasteiger partial charge in [-0.2, -0.15) is 0 Å². The molecule has 0 unspecified atom stereocenters. The molecule has 0 amide bonds. The Bertz CT molecular complexity index is 582. The average Bonchev–Trinajstić information content (AvgIpc) is 2.30. The van der Waals surface area contributed by atoms with Gasteiger partial charge in [0.1, 0.15) is 11.6 Å². The summed E-state index contributed by atoms with van der Waals surface area (Å²) in [4.78, 5) is 4.48. The van der Waals surface area contributed by atoms with Gasteiger partial charge in [0.15, 0.2) is 0 Å². The summed E-state index contributed by atoms with van der Waals surface area (Å²) in [7, 11) is 0. The Morgan fingerprint density at radius 3 is 2.67 bits per heavy atom. The van der Waals surface area contributed by atoms with Gasteiger partial charge >= 0.3 is 0 Å². The molecule has 0 bridgehead atoms. The van der Waals surface area contributed by atoms with Crippen molar-refractivity contribution in [2.45, 2.75) is 26.7 Å². The van der Waals surface area contributed by atoms with Crippen LogP contribution in [0.3, 0.4) is 0 Å². The highest BCUT2D eigenvalue weighted by Crippen LogP contribution is 2.29. The van der Waals surface area contributed by atoms with Gasteiger partial charge in [0.25, 0.3) is 0 Å². The molecule has 0 aliphatic carbocycles. The van der Waals surface area contributed by atoms with E-state index in [1.54, 1.807) is 6.07 Å². The third kappa shape index (κ3) is 2.41. The Balaban J connectivity index is 2.68. The van der Waals surface area contributed by atoms with Crippen LogP contribution in [0, 0.1) is 5.82 Å². The van der Waals surface area contributed by atoms with Crippen molar-refractivity contribution >= 4 is 28.3 Å². The summed E-state index contributed by atoms with van der Waals surface area (Å²) >= 11 is 5.80. The van der Waals surface area contributed by atoms with E-state index < -0.39 is 5.82 Å². The molecule has 0 saturated heterocycles. The molecule has 96 valence electrons. The largest absolute Gasteiger partial charge is 0.370 e. The fourth-order valence-electron chi connectivity index (χ4n) is 1.93. The van der Waals surface area contributed by atoms with Gasteiger partial charge in [-0.05, 0) is 30.5 Å². The SMILES string of the molecule is CCNc1nc2cc(F)c(Cl)cc2cc1C(C)C. The molecular weight excluding hydrogens is 251 g/mol. The van der Waals surface area contributed by atoms with Gasteiger partial charge in [-0.25, -0.2) is 9.37 Å². The molecule has 4 heteroatoms. The van der Waals surface area contributed by atoms with Gasteiger partial charge in [-0.15, -0.1) is 0 Å². The summed E-state index contributed by atoms with van der Waals surface area (Å²) in [6.07, 6.45) is 0. The number of anilines is 1. The van der Waals surface area contributed by atoms with Crippen LogP contribution < -0.4 is 5.32 Å². The van der Waals surface area contributed by atoms with Crippen molar-refractivity contribution in [2.75, 3.05) is 11.9 Å². The molecule has 0 spiro atoms. The zero-order chi connectivity index (χ0) is 13.3. The first-order chi connectivity index (χ1) is 8.52. The lowest BCUT2D eigenvalue weighted by molar-refractivity contribution is 0.630. The van der Waals surface area contributed by atoms with Crippen LogP contribution in [0.1, 0.15) is 32.3 Å². The Kier molecular flexibility index (Phi) is 3.71. The number of hydrogen-bond donors (Lipinski definition) is 1. The van der Waals surface area contributed by atoms with Crippen LogP contribution in [0.4, 0.5) is 10.2 Å². The normalized spacial score (nSPS) is 11.2. The van der Waals surface area contributed by atoms with E-state index in [0.29, 0.717) is 11.4 Å². The third-order valence-corrected chi connectivity index (χ3v) is 3.14. The number of nitrogens with one attached hydrogen (secondary N) is 1. The van der Waals surface area contributed by atoms with Gasteiger partial charge in [0.05, 0.1) is 10.5 Å². The lowest BCUT2D eigenvalue weighted by Crippen LogP contribution is -2.05. The second-order valence-corrected chi connectivity index (χ2v) is 4.98. The summed E-state index contributed by atoms with van der Waals surface area (Å²) in [6, 6.07) is 5.03. The van der Waals surface area contributed by atoms with Gasteiger partial charge in [-0.1, -0.05) is 25.4 Å². The van der Waals surface area contributed by atoms with Crippen molar-refractivity contribution in [3.05, 3.63) is 34.6 Å². The molecule has 0 saturated carbocycles. The molecule has 2 rings (SSSR count). The first-order valence-corrected chi connectivity index (χ1v) is 6.44. The van der Waals surface area contributed by atoms with Crippen molar-refractivity contribution in [3.8, 4) is 0 Å². The van der Waals surface area contributed by atoms with Crippen LogP contribution in [0.2, 0.25) is 5.02 Å². The summed E-state index contributed by atoms with van der Waals surface area (Å²) < 4.78 is 13.4. The smallest absolute Gasteiger partial charge is 0.143 e. The quantitative estimate of drug-likeness (QED) is 0.879. The first kappa shape index (κ1) is 13.1. The third-order valence-electron chi connectivity index (χ3n) is 2.85. The van der Waals surface area contributed by atoms with Crippen LogP contribution in [-0.2, 0) is 0 Å². The van der Waals surface area contributed by atoms with Gasteiger partial charge < -0.3 is 5.32 Å². The summed E-state index contributed by atoms with van der Waals surface area (Å²) in [5.74, 6) is 0.734. The lowest BCUT2D eigenvalue weighted by Gasteiger charge is -2.14. The molecule has 2 aromatic rings. The number of pyridine rings is 1. The molecule has 1 aromatic heterocycles. The predicted octanol–water partition coefficient (Wildman–Crippen LogP) is 4.58. The molecule has 0 radical (unpaired) electrons. The van der Waals surface area contributed by atoms with Crippen LogP contribution in [0.25, 0.3) is 10.9 Å². The maximum absolute atomic E-state index is 13.4. The lowest BCUT2D eigenvalue weighted by atomic mass is 10.0. The van der Waals surface area contributed by atoms with Crippen LogP contribution in [0.5, 0.6) is 0 Å². The molecular formula is C14H16ClFN2. The highest BCUT2D eigenvalue weighted by atomic mass is 35.5. The van der Waals surface area contributed by atoms with Crippen molar-refractivity contribution < 1.29 is 4.39 Å². The fraction of sp³-hybridized carbons (Fsp3) is 0.357. The minimum atomic E-state index is -0.434. The molecule has 1 N–H and O–H groups in total. The van der Waals surface area contributed by atoms with E-state index in [2.05, 4.69) is 24.1 Å². The van der Waals surface area contributed by atoms with Crippen LogP contribution in [0.15, 0.2) is 18.2 Å². The predicted molar refractivity (Wildman–Crippen MR) is 75.0 cm³/mol. The van der Waals surface area contributed by atoms with Crippen molar-refractivity contribution in [3.63, 3.8) is 0 Å². The molecule has 0 atom stereocenters. The van der Waals surface area contributed by atoms with E-state index in [-0.39, 0.29) is 5.02 Å². The molecule has 0 fully saturated rings. The Hall–Kier alpha value is -1.35. The van der Waals surface area contributed by atoms with E-state index in [9.17, 15) is 4.39 Å². The van der Waals surface area contributed by atoms with E-state index in [1.165, 1.54) is 6.07 Å². The summed E-state index contributed by atoms with van der Waals surface area (Å²) in [6.45, 7) is 7.01. The molecule has 1 heterocycles. The first-order valence-electron chi connectivity index (χ1n) is 6.06. The Morgan fingerprint density at radius 2 is 2.06 bits per heavy atom. The van der Waals surface area contributed by atoms with Crippen molar-refractivity contribution in [1.29, 1.82) is 0 Å². The molecule has 0 aliphatic rings. The molecule has 18 heavy (non-hydrogen) atoms. The average molecular weight is 267 g/mol. The number of nitrogens with zero attached hydrogens (tertiary/aromatic N) is 1. The monoisotopic (exact) mass is 266 g/mol. The maximum Gasteiger partial charge on any atom is 0.143 e. The van der Waals surface area contributed by atoms with E-state index in [1.807, 2.05) is 13.0 Å². The molecule has 0 aliphatic heterocycles. The highest BCUT2D eigenvalue weighted by molar-refractivity contribution is 6.31. The minimum absolute atomic E-state index is 0.134. The second kappa shape index (κ2) is 5.11. The second-order valence-electron chi connectivity index (χ2n) is 4.57. The van der Waals surface area contributed by atoms with E-state index >= 15 is 0 Å².